The maximum absolute atomic E-state index is 13.9. The molecule has 2 heterocycles. The molecule has 0 fully saturated rings. The van der Waals surface area contributed by atoms with Crippen LogP contribution in [0.15, 0.2) is 26.8 Å². The number of rotatable bonds is 1. The summed E-state index contributed by atoms with van der Waals surface area (Å²) in [5.41, 5.74) is 1.08. The van der Waals surface area contributed by atoms with Gasteiger partial charge in [0.15, 0.2) is 4.21 Å². The van der Waals surface area contributed by atoms with Crippen molar-refractivity contribution in [3.05, 3.63) is 33.9 Å². The molecule has 0 unspecified atom stereocenters. The highest BCUT2D eigenvalue weighted by molar-refractivity contribution is 7.92. The van der Waals surface area contributed by atoms with E-state index in [0.717, 1.165) is 16.2 Å². The Morgan fingerprint density at radius 1 is 1.40 bits per heavy atom. The first kappa shape index (κ1) is 17.8. The quantitative estimate of drug-likeness (QED) is 0.793. The van der Waals surface area contributed by atoms with Crippen LogP contribution in [0.3, 0.4) is 0 Å². The standard InChI is InChI=1S/C15H13ClFN3O3S2/c1-7-11(9-5-4-6-10(17)12(9)16)13-14(24-7)25(22,23)19-15(18-13)20(3)8(2)21/h4-6H,1-3H3,(H,18,19). The largest absolute Gasteiger partial charge is 0.322 e. The van der Waals surface area contributed by atoms with Gasteiger partial charge in [0.1, 0.15) is 5.82 Å². The van der Waals surface area contributed by atoms with Gasteiger partial charge in [0.25, 0.3) is 10.0 Å². The molecule has 2 aromatic rings. The van der Waals surface area contributed by atoms with E-state index in [9.17, 15) is 17.6 Å². The molecule has 0 saturated carbocycles. The highest BCUT2D eigenvalue weighted by Crippen LogP contribution is 2.47. The summed E-state index contributed by atoms with van der Waals surface area (Å²) in [4.78, 5) is 13.3. The van der Waals surface area contributed by atoms with Crippen LogP contribution in [-0.4, -0.2) is 32.2 Å². The van der Waals surface area contributed by atoms with E-state index in [1.807, 2.05) is 0 Å². The summed E-state index contributed by atoms with van der Waals surface area (Å²) >= 11 is 7.09. The van der Waals surface area contributed by atoms with E-state index in [1.54, 1.807) is 13.0 Å². The van der Waals surface area contributed by atoms with Gasteiger partial charge in [-0.15, -0.1) is 15.7 Å². The zero-order chi connectivity index (χ0) is 18.5. The van der Waals surface area contributed by atoms with Gasteiger partial charge in [0.05, 0.1) is 10.7 Å². The third kappa shape index (κ3) is 2.92. The summed E-state index contributed by atoms with van der Waals surface area (Å²) in [7, 11) is -2.58. The average molecular weight is 402 g/mol. The molecule has 0 aliphatic carbocycles. The van der Waals surface area contributed by atoms with Gasteiger partial charge in [-0.1, -0.05) is 23.7 Å². The Morgan fingerprint density at radius 2 is 2.08 bits per heavy atom. The maximum atomic E-state index is 13.9. The number of carbonyl (C=O) groups excluding carboxylic acids is 1. The molecule has 1 aromatic heterocycles. The van der Waals surface area contributed by atoms with Crippen LogP contribution >= 0.6 is 22.9 Å². The van der Waals surface area contributed by atoms with Gasteiger partial charge in [0.2, 0.25) is 11.9 Å². The van der Waals surface area contributed by atoms with Crippen LogP contribution in [0, 0.1) is 12.7 Å². The Kier molecular flexibility index (Phi) is 4.34. The third-order valence-corrected chi connectivity index (χ3v) is 6.99. The number of fused-ring (bicyclic) bond motifs is 1. The van der Waals surface area contributed by atoms with Gasteiger partial charge in [-0.25, -0.2) is 4.39 Å². The van der Waals surface area contributed by atoms with Crippen LogP contribution in [0.5, 0.6) is 0 Å². The molecule has 132 valence electrons. The van der Waals surface area contributed by atoms with Crippen molar-refractivity contribution in [2.75, 3.05) is 12.4 Å². The minimum Gasteiger partial charge on any atom is -0.322 e. The lowest BCUT2D eigenvalue weighted by Gasteiger charge is -2.23. The lowest BCUT2D eigenvalue weighted by Crippen LogP contribution is -2.39. The zero-order valence-corrected chi connectivity index (χ0v) is 15.8. The summed E-state index contributed by atoms with van der Waals surface area (Å²) in [6.07, 6.45) is 0. The van der Waals surface area contributed by atoms with Crippen LogP contribution in [0.1, 0.15) is 11.8 Å². The van der Waals surface area contributed by atoms with Crippen molar-refractivity contribution in [3.8, 4) is 11.1 Å². The fourth-order valence-corrected chi connectivity index (χ4v) is 5.29. The molecule has 0 radical (unpaired) electrons. The number of carbonyl (C=O) groups is 1. The van der Waals surface area contributed by atoms with E-state index in [0.29, 0.717) is 16.0 Å². The van der Waals surface area contributed by atoms with Crippen molar-refractivity contribution < 1.29 is 17.6 Å². The Balaban J connectivity index is 2.25. The molecule has 0 bridgehead atoms. The molecule has 0 saturated heterocycles. The number of nitrogens with zero attached hydrogens (tertiary/aromatic N) is 2. The molecular weight excluding hydrogens is 389 g/mol. The summed E-state index contributed by atoms with van der Waals surface area (Å²) in [6.45, 7) is 3.00. The molecule has 6 nitrogen and oxygen atoms in total. The third-order valence-electron chi connectivity index (χ3n) is 3.74. The van der Waals surface area contributed by atoms with Gasteiger partial charge < -0.3 is 5.32 Å². The lowest BCUT2D eigenvalue weighted by molar-refractivity contribution is -0.124. The van der Waals surface area contributed by atoms with Crippen LogP contribution in [0.25, 0.3) is 11.1 Å². The minimum atomic E-state index is -3.99. The molecule has 0 spiro atoms. The summed E-state index contributed by atoms with van der Waals surface area (Å²) in [5.74, 6) is -1.11. The first-order valence-corrected chi connectivity index (χ1v) is 9.71. The second kappa shape index (κ2) is 6.08. The number of thiophene rings is 1. The molecule has 0 atom stereocenters. The zero-order valence-electron chi connectivity index (χ0n) is 13.4. The number of hydrogen-bond acceptors (Lipinski definition) is 5. The number of aryl methyl sites for hydroxylation is 1. The van der Waals surface area contributed by atoms with Gasteiger partial charge in [-0.3, -0.25) is 9.69 Å². The van der Waals surface area contributed by atoms with Crippen LogP contribution in [0.4, 0.5) is 10.1 Å². The molecular formula is C15H13ClFN3O3S2. The Bertz CT molecular complexity index is 1030. The van der Waals surface area contributed by atoms with Crippen molar-refractivity contribution in [1.29, 1.82) is 0 Å². The molecule has 3 rings (SSSR count). The molecule has 1 aliphatic heterocycles. The summed E-state index contributed by atoms with van der Waals surface area (Å²) in [5, 5.41) is 2.77. The Morgan fingerprint density at radius 3 is 2.72 bits per heavy atom. The fraction of sp³-hybridized carbons (Fsp3) is 0.200. The maximum Gasteiger partial charge on any atom is 0.297 e. The first-order valence-electron chi connectivity index (χ1n) is 7.07. The van der Waals surface area contributed by atoms with Gasteiger partial charge >= 0.3 is 0 Å². The first-order chi connectivity index (χ1) is 11.6. The Labute approximate surface area is 153 Å². The van der Waals surface area contributed by atoms with E-state index >= 15 is 0 Å². The summed E-state index contributed by atoms with van der Waals surface area (Å²) < 4.78 is 42.5. The number of anilines is 1. The molecule has 25 heavy (non-hydrogen) atoms. The van der Waals surface area contributed by atoms with E-state index < -0.39 is 15.8 Å². The molecule has 1 N–H and O–H groups in total. The van der Waals surface area contributed by atoms with Crippen molar-refractivity contribution in [3.63, 3.8) is 0 Å². The van der Waals surface area contributed by atoms with Crippen molar-refractivity contribution >= 4 is 50.5 Å². The monoisotopic (exact) mass is 401 g/mol. The highest BCUT2D eigenvalue weighted by atomic mass is 35.5. The van der Waals surface area contributed by atoms with E-state index in [4.69, 9.17) is 11.6 Å². The summed E-state index contributed by atoms with van der Waals surface area (Å²) in [6, 6.07) is 4.32. The van der Waals surface area contributed by atoms with Crippen molar-refractivity contribution in [2.24, 2.45) is 4.40 Å². The molecule has 1 amide bonds. The number of guanidine groups is 1. The van der Waals surface area contributed by atoms with Crippen LogP contribution < -0.4 is 5.32 Å². The van der Waals surface area contributed by atoms with Crippen molar-refractivity contribution in [2.45, 2.75) is 18.1 Å². The second-order valence-corrected chi connectivity index (χ2v) is 8.79. The predicted molar refractivity (Wildman–Crippen MR) is 96.1 cm³/mol. The number of nitrogens with one attached hydrogen (secondary N) is 1. The van der Waals surface area contributed by atoms with Crippen LogP contribution in [-0.2, 0) is 14.8 Å². The average Bonchev–Trinajstić information content (AvgIpc) is 2.86. The molecule has 10 heteroatoms. The second-order valence-electron chi connectivity index (χ2n) is 5.39. The van der Waals surface area contributed by atoms with E-state index in [-0.39, 0.29) is 26.8 Å². The predicted octanol–water partition coefficient (Wildman–Crippen LogP) is 3.46. The van der Waals surface area contributed by atoms with E-state index in [1.165, 1.54) is 26.1 Å². The number of halogens is 2. The van der Waals surface area contributed by atoms with E-state index in [2.05, 4.69) is 9.71 Å². The topological polar surface area (TPSA) is 78.8 Å². The van der Waals surface area contributed by atoms with Gasteiger partial charge in [0, 0.05) is 30.0 Å². The normalized spacial score (nSPS) is 15.2. The van der Waals surface area contributed by atoms with Crippen LogP contribution in [0.2, 0.25) is 5.02 Å². The minimum absolute atomic E-state index is 0.000954. The highest BCUT2D eigenvalue weighted by Gasteiger charge is 2.34. The SMILES string of the molecule is CC(=O)N(C)C1=NS(=O)(=O)c2sc(C)c(-c3cccc(F)c3Cl)c2N1. The number of hydrogen-bond donors (Lipinski definition) is 1. The number of amides is 1. The number of sulfonamides is 1. The molecule has 1 aliphatic rings. The van der Waals surface area contributed by atoms with Gasteiger partial charge in [-0.2, -0.15) is 8.42 Å². The molecule has 1 aromatic carbocycles. The smallest absolute Gasteiger partial charge is 0.297 e. The lowest BCUT2D eigenvalue weighted by atomic mass is 10.0. The number of benzene rings is 1. The fourth-order valence-electron chi connectivity index (χ4n) is 2.42. The van der Waals surface area contributed by atoms with Gasteiger partial charge in [-0.05, 0) is 13.0 Å². The Hall–Kier alpha value is -1.97. The van der Waals surface area contributed by atoms with Crippen molar-refractivity contribution in [1.82, 2.24) is 4.90 Å².